The summed E-state index contributed by atoms with van der Waals surface area (Å²) < 4.78 is 6.95. The zero-order valence-electron chi connectivity index (χ0n) is 8.91. The summed E-state index contributed by atoms with van der Waals surface area (Å²) in [6.07, 6.45) is 2.26. The van der Waals surface area contributed by atoms with Gasteiger partial charge in [-0.1, -0.05) is 0 Å². The molecular weight excluding hydrogens is 196 g/mol. The molecule has 2 N–H and O–H groups in total. The highest BCUT2D eigenvalue weighted by Gasteiger charge is 2.40. The Bertz CT molecular complexity index is 370. The minimum absolute atomic E-state index is 0.147. The van der Waals surface area contributed by atoms with E-state index in [1.165, 1.54) is 6.92 Å². The lowest BCUT2D eigenvalue weighted by atomic mass is 10.4. The molecule has 15 heavy (non-hydrogen) atoms. The first kappa shape index (κ1) is 10.1. The fourth-order valence-electron chi connectivity index (χ4n) is 1.48. The van der Waals surface area contributed by atoms with E-state index in [2.05, 4.69) is 15.9 Å². The van der Waals surface area contributed by atoms with Crippen molar-refractivity contribution < 1.29 is 14.0 Å². The third-order valence-electron chi connectivity index (χ3n) is 2.29. The predicted molar refractivity (Wildman–Crippen MR) is 52.0 cm³/mol. The van der Waals surface area contributed by atoms with Crippen molar-refractivity contribution >= 4 is 11.8 Å². The van der Waals surface area contributed by atoms with Crippen molar-refractivity contribution in [1.82, 2.24) is 10.6 Å². The summed E-state index contributed by atoms with van der Waals surface area (Å²) in [5.74, 6) is 0.301. The number of carbonyl (C=O) groups is 1. The number of hydrogen-bond acceptors (Lipinski definition) is 4. The normalized spacial score (nSPS) is 15.3. The zero-order chi connectivity index (χ0) is 10.8. The number of amides is 1. The van der Waals surface area contributed by atoms with Gasteiger partial charge in [0.25, 0.3) is 5.69 Å². The van der Waals surface area contributed by atoms with Gasteiger partial charge in [0.1, 0.15) is 0 Å². The number of nitrogens with one attached hydrogen (secondary N) is 2. The molecule has 1 saturated carbocycles. The van der Waals surface area contributed by atoms with E-state index >= 15 is 0 Å². The van der Waals surface area contributed by atoms with Crippen LogP contribution in [0.2, 0.25) is 0 Å². The summed E-state index contributed by atoms with van der Waals surface area (Å²) in [6.45, 7) is 2.09. The van der Waals surface area contributed by atoms with Crippen LogP contribution in [0, 0.1) is 0 Å². The number of hydrogen-bond donors (Lipinski definition) is 2. The maximum atomic E-state index is 10.9. The quantitative estimate of drug-likeness (QED) is 0.686. The van der Waals surface area contributed by atoms with Crippen LogP contribution in [0.5, 0.6) is 0 Å². The molecule has 0 saturated heterocycles. The van der Waals surface area contributed by atoms with E-state index in [1.807, 2.05) is 11.7 Å². The van der Waals surface area contributed by atoms with Gasteiger partial charge in [-0.3, -0.25) is 14.6 Å². The lowest BCUT2D eigenvalue weighted by Gasteiger charge is -1.96. The molecule has 0 unspecified atom stereocenters. The van der Waals surface area contributed by atoms with E-state index in [0.717, 1.165) is 18.5 Å². The topological polar surface area (TPSA) is 71.0 Å². The number of aromatic nitrogens is 2. The molecule has 1 aromatic heterocycles. The Kier molecular flexibility index (Phi) is 2.68. The first-order chi connectivity index (χ1) is 7.22. The van der Waals surface area contributed by atoms with Gasteiger partial charge in [0.15, 0.2) is 6.04 Å². The number of carbonyl (C=O) groups excluding carboxylic acids is 1. The average Bonchev–Trinajstić information content (AvgIpc) is 2.93. The molecule has 0 aromatic carbocycles. The molecule has 0 spiro atoms. The van der Waals surface area contributed by atoms with E-state index < -0.39 is 0 Å². The van der Waals surface area contributed by atoms with Crippen LogP contribution in [-0.4, -0.2) is 18.2 Å². The zero-order valence-corrected chi connectivity index (χ0v) is 8.91. The fourth-order valence-corrected chi connectivity index (χ4v) is 1.48. The third kappa shape index (κ3) is 2.15. The van der Waals surface area contributed by atoms with Crippen molar-refractivity contribution in [3.8, 4) is 0 Å². The van der Waals surface area contributed by atoms with E-state index in [4.69, 9.17) is 4.52 Å². The second-order valence-electron chi connectivity index (χ2n) is 3.74. The molecule has 1 aliphatic rings. The lowest BCUT2D eigenvalue weighted by Crippen LogP contribution is -2.39. The van der Waals surface area contributed by atoms with Crippen LogP contribution in [0.25, 0.3) is 0 Å². The maximum Gasteiger partial charge on any atom is 0.306 e. The van der Waals surface area contributed by atoms with Gasteiger partial charge >= 0.3 is 5.88 Å². The molecule has 0 atom stereocenters. The highest BCUT2D eigenvalue weighted by Crippen LogP contribution is 2.30. The van der Waals surface area contributed by atoms with Gasteiger partial charge in [0.05, 0.1) is 6.54 Å². The van der Waals surface area contributed by atoms with Crippen LogP contribution in [0.3, 0.4) is 0 Å². The number of anilines is 1. The van der Waals surface area contributed by atoms with Crippen molar-refractivity contribution in [3.63, 3.8) is 0 Å². The van der Waals surface area contributed by atoms with E-state index in [9.17, 15) is 4.79 Å². The smallest absolute Gasteiger partial charge is 0.306 e. The summed E-state index contributed by atoms with van der Waals surface area (Å²) >= 11 is 0. The molecule has 1 aromatic rings. The number of nitrogens with zero attached hydrogens (tertiary/aromatic N) is 2. The molecule has 0 radical (unpaired) electrons. The molecule has 0 bridgehead atoms. The van der Waals surface area contributed by atoms with Crippen LogP contribution < -0.4 is 15.3 Å². The highest BCUT2D eigenvalue weighted by atomic mass is 16.5. The first-order valence-corrected chi connectivity index (χ1v) is 5.05. The van der Waals surface area contributed by atoms with Crippen LogP contribution >= 0.6 is 0 Å². The van der Waals surface area contributed by atoms with E-state index in [0.29, 0.717) is 18.5 Å². The van der Waals surface area contributed by atoms with Crippen LogP contribution in [0.4, 0.5) is 5.88 Å². The monoisotopic (exact) mass is 211 g/mol. The van der Waals surface area contributed by atoms with Gasteiger partial charge in [-0.15, -0.1) is 0 Å². The van der Waals surface area contributed by atoms with Gasteiger partial charge in [-0.25, -0.2) is 0 Å². The second kappa shape index (κ2) is 3.98. The second-order valence-corrected chi connectivity index (χ2v) is 3.74. The fraction of sp³-hybridized carbons (Fsp3) is 0.667. The van der Waals surface area contributed by atoms with Gasteiger partial charge in [-0.05, 0) is 11.7 Å². The van der Waals surface area contributed by atoms with Gasteiger partial charge in [-0.2, -0.15) is 0 Å². The van der Waals surface area contributed by atoms with Crippen molar-refractivity contribution in [2.45, 2.75) is 32.4 Å². The van der Waals surface area contributed by atoms with Crippen molar-refractivity contribution in [2.75, 3.05) is 12.4 Å². The molecule has 2 rings (SSSR count). The molecule has 0 aliphatic heterocycles. The van der Waals surface area contributed by atoms with Gasteiger partial charge < -0.3 is 5.32 Å². The Hall–Kier alpha value is -1.43. The molecule has 6 heteroatoms. The van der Waals surface area contributed by atoms with Crippen molar-refractivity contribution in [1.29, 1.82) is 0 Å². The Morgan fingerprint density at radius 3 is 2.93 bits per heavy atom. The Morgan fingerprint density at radius 2 is 2.40 bits per heavy atom. The Morgan fingerprint density at radius 1 is 1.67 bits per heavy atom. The molecule has 82 valence electrons. The standard InChI is InChI=1S/C9H14N4O2/c1-6(14)11-9-8(5-10-2)13(12-15-9)7-3-4-7/h7,10H,3-5H2,1-2H3/p+1. The average molecular weight is 211 g/mol. The Labute approximate surface area is 87.6 Å². The van der Waals surface area contributed by atoms with Gasteiger partial charge in [0, 0.05) is 19.8 Å². The highest BCUT2D eigenvalue weighted by molar-refractivity contribution is 5.87. The van der Waals surface area contributed by atoms with E-state index in [-0.39, 0.29) is 5.91 Å². The summed E-state index contributed by atoms with van der Waals surface area (Å²) in [5, 5.41) is 9.60. The Balaban J connectivity index is 2.24. The molecule has 1 fully saturated rings. The summed E-state index contributed by atoms with van der Waals surface area (Å²) in [5.41, 5.74) is 0.898. The largest absolute Gasteiger partial charge is 0.310 e. The van der Waals surface area contributed by atoms with Crippen molar-refractivity contribution in [2.24, 2.45) is 0 Å². The molecular formula is C9H15N4O2+. The predicted octanol–water partition coefficient (Wildman–Crippen LogP) is -0.0252. The molecule has 1 amide bonds. The molecule has 1 aliphatic carbocycles. The van der Waals surface area contributed by atoms with E-state index in [1.54, 1.807) is 0 Å². The number of rotatable bonds is 4. The van der Waals surface area contributed by atoms with Crippen LogP contribution in [0.15, 0.2) is 4.52 Å². The SMILES string of the molecule is CNCc1c(NC(C)=O)on[n+]1C1CC1. The lowest BCUT2D eigenvalue weighted by molar-refractivity contribution is -0.771. The third-order valence-corrected chi connectivity index (χ3v) is 2.29. The van der Waals surface area contributed by atoms with Crippen LogP contribution in [-0.2, 0) is 11.3 Å². The van der Waals surface area contributed by atoms with Crippen LogP contribution in [0.1, 0.15) is 31.5 Å². The first-order valence-electron chi connectivity index (χ1n) is 5.05. The minimum atomic E-state index is -0.147. The summed E-state index contributed by atoms with van der Waals surface area (Å²) in [4.78, 5) is 10.9. The van der Waals surface area contributed by atoms with Gasteiger partial charge in [0.2, 0.25) is 11.2 Å². The molecule has 1 heterocycles. The minimum Gasteiger partial charge on any atom is -0.310 e. The summed E-state index contributed by atoms with van der Waals surface area (Å²) in [7, 11) is 1.85. The van der Waals surface area contributed by atoms with Crippen molar-refractivity contribution in [3.05, 3.63) is 5.69 Å². The summed E-state index contributed by atoms with van der Waals surface area (Å²) in [6, 6.07) is 0.444. The maximum absolute atomic E-state index is 10.9. The molecule has 6 nitrogen and oxygen atoms in total.